The second-order valence-electron chi connectivity index (χ2n) is 3.98. The van der Waals surface area contributed by atoms with Crippen LogP contribution in [0.15, 0.2) is 44.3 Å². The number of aromatic nitrogens is 1. The van der Waals surface area contributed by atoms with Gasteiger partial charge in [0.25, 0.3) is 5.91 Å². The number of rotatable bonds is 2. The summed E-state index contributed by atoms with van der Waals surface area (Å²) in [4.78, 5) is 26.3. The Labute approximate surface area is 126 Å². The molecule has 0 aliphatic heterocycles. The molecule has 0 spiro atoms. The third-order valence-electron chi connectivity index (χ3n) is 2.49. The lowest BCUT2D eigenvalue weighted by Gasteiger charge is -2.10. The molecule has 0 fully saturated rings. The maximum absolute atomic E-state index is 12.1. The normalized spacial score (nSPS) is 10.3. The number of carbonyl (C=O) groups excluding carboxylic acids is 1. The van der Waals surface area contributed by atoms with E-state index >= 15 is 0 Å². The highest BCUT2D eigenvalue weighted by atomic mass is 79.9. The van der Waals surface area contributed by atoms with Gasteiger partial charge in [0, 0.05) is 27.4 Å². The Kier molecular flexibility index (Phi) is 4.21. The first-order chi connectivity index (χ1) is 8.99. The van der Waals surface area contributed by atoms with E-state index in [0.717, 1.165) is 14.5 Å². The molecule has 2 rings (SSSR count). The number of aryl methyl sites for hydroxylation is 1. The molecule has 0 unspecified atom stereocenters. The minimum absolute atomic E-state index is 0.0712. The van der Waals surface area contributed by atoms with Crippen LogP contribution in [0.3, 0.4) is 0 Å². The molecular formula is C13H10Br2N2O2. The quantitative estimate of drug-likeness (QED) is 0.831. The minimum Gasteiger partial charge on any atom is -0.367 e. The van der Waals surface area contributed by atoms with Crippen molar-refractivity contribution >= 4 is 43.5 Å². The Morgan fingerprint density at radius 2 is 1.89 bits per heavy atom. The number of halogens is 2. The Hall–Kier alpha value is -1.40. The van der Waals surface area contributed by atoms with Crippen LogP contribution in [0, 0.1) is 6.92 Å². The van der Waals surface area contributed by atoms with Gasteiger partial charge in [-0.15, -0.1) is 0 Å². The van der Waals surface area contributed by atoms with Gasteiger partial charge in [0.2, 0.25) is 0 Å². The van der Waals surface area contributed by atoms with Gasteiger partial charge >= 0.3 is 0 Å². The highest BCUT2D eigenvalue weighted by Crippen LogP contribution is 2.32. The van der Waals surface area contributed by atoms with Crippen LogP contribution in [0.2, 0.25) is 0 Å². The number of benzene rings is 1. The molecule has 1 aromatic carbocycles. The van der Waals surface area contributed by atoms with Crippen molar-refractivity contribution in [3.63, 3.8) is 0 Å². The monoisotopic (exact) mass is 384 g/mol. The summed E-state index contributed by atoms with van der Waals surface area (Å²) in [5, 5.41) is 2.71. The number of amides is 1. The zero-order chi connectivity index (χ0) is 14.0. The fraction of sp³-hybridized carbons (Fsp3) is 0.0769. The van der Waals surface area contributed by atoms with Gasteiger partial charge in [-0.1, -0.05) is 0 Å². The van der Waals surface area contributed by atoms with Gasteiger partial charge in [0.15, 0.2) is 5.43 Å². The summed E-state index contributed by atoms with van der Waals surface area (Å²) >= 11 is 6.77. The van der Waals surface area contributed by atoms with E-state index in [1.165, 1.54) is 18.5 Å². The fourth-order valence-corrected chi connectivity index (χ4v) is 3.21. The number of H-pyrrole nitrogens is 1. The molecule has 1 aromatic heterocycles. The van der Waals surface area contributed by atoms with Crippen molar-refractivity contribution in [3.05, 3.63) is 60.9 Å². The minimum atomic E-state index is -0.452. The zero-order valence-electron chi connectivity index (χ0n) is 9.96. The van der Waals surface area contributed by atoms with Crippen molar-refractivity contribution in [2.24, 2.45) is 0 Å². The topological polar surface area (TPSA) is 62.0 Å². The standard InChI is InChI=1S/C13H10Br2N2O2/c1-7-4-9(14)12(10(15)5-7)17-13(19)8-6-16-3-2-11(8)18/h2-6H,1H3,(H,16,18)(H,17,19). The molecular weight excluding hydrogens is 376 g/mol. The fourth-order valence-electron chi connectivity index (χ4n) is 1.59. The summed E-state index contributed by atoms with van der Waals surface area (Å²) in [6, 6.07) is 5.08. The number of carbonyl (C=O) groups is 1. The molecule has 0 saturated heterocycles. The maximum Gasteiger partial charge on any atom is 0.261 e. The number of hydrogen-bond acceptors (Lipinski definition) is 2. The first kappa shape index (κ1) is 14.0. The highest BCUT2D eigenvalue weighted by Gasteiger charge is 2.13. The summed E-state index contributed by atoms with van der Waals surface area (Å²) in [6.07, 6.45) is 2.87. The lowest BCUT2D eigenvalue weighted by molar-refractivity contribution is 0.102. The van der Waals surface area contributed by atoms with Gasteiger partial charge in [-0.25, -0.2) is 0 Å². The zero-order valence-corrected chi connectivity index (χ0v) is 13.1. The first-order valence-electron chi connectivity index (χ1n) is 5.43. The van der Waals surface area contributed by atoms with E-state index in [2.05, 4.69) is 42.2 Å². The molecule has 98 valence electrons. The summed E-state index contributed by atoms with van der Waals surface area (Å²) in [7, 11) is 0. The summed E-state index contributed by atoms with van der Waals surface area (Å²) < 4.78 is 1.50. The van der Waals surface area contributed by atoms with Crippen molar-refractivity contribution < 1.29 is 4.79 Å². The highest BCUT2D eigenvalue weighted by molar-refractivity contribution is 9.11. The van der Waals surface area contributed by atoms with E-state index in [9.17, 15) is 9.59 Å². The van der Waals surface area contributed by atoms with Crippen LogP contribution >= 0.6 is 31.9 Å². The molecule has 1 heterocycles. The van der Waals surface area contributed by atoms with Gasteiger partial charge in [0.05, 0.1) is 5.69 Å². The van der Waals surface area contributed by atoms with E-state index in [4.69, 9.17) is 0 Å². The van der Waals surface area contributed by atoms with Gasteiger partial charge in [0.1, 0.15) is 5.56 Å². The third kappa shape index (κ3) is 3.13. The van der Waals surface area contributed by atoms with E-state index in [1.807, 2.05) is 19.1 Å². The van der Waals surface area contributed by atoms with Crippen LogP contribution in [0.5, 0.6) is 0 Å². The second kappa shape index (κ2) is 5.71. The van der Waals surface area contributed by atoms with E-state index in [1.54, 1.807) is 0 Å². The molecule has 0 bridgehead atoms. The lowest BCUT2D eigenvalue weighted by Crippen LogP contribution is -2.21. The van der Waals surface area contributed by atoms with Gasteiger partial charge < -0.3 is 10.3 Å². The van der Waals surface area contributed by atoms with E-state index in [-0.39, 0.29) is 11.0 Å². The maximum atomic E-state index is 12.1. The van der Waals surface area contributed by atoms with Crippen molar-refractivity contribution in [1.82, 2.24) is 4.98 Å². The van der Waals surface area contributed by atoms with Crippen molar-refractivity contribution in [2.45, 2.75) is 6.92 Å². The average molecular weight is 386 g/mol. The molecule has 1 amide bonds. The van der Waals surface area contributed by atoms with Crippen molar-refractivity contribution in [1.29, 1.82) is 0 Å². The van der Waals surface area contributed by atoms with Crippen LogP contribution < -0.4 is 10.7 Å². The molecule has 6 heteroatoms. The number of pyridine rings is 1. The summed E-state index contributed by atoms with van der Waals surface area (Å²) in [5.41, 5.74) is 1.39. The average Bonchev–Trinajstić information content (AvgIpc) is 2.34. The van der Waals surface area contributed by atoms with Crippen LogP contribution in [0.4, 0.5) is 5.69 Å². The molecule has 4 nitrogen and oxygen atoms in total. The largest absolute Gasteiger partial charge is 0.367 e. The van der Waals surface area contributed by atoms with Gasteiger partial charge in [-0.3, -0.25) is 9.59 Å². The SMILES string of the molecule is Cc1cc(Br)c(NC(=O)c2c[nH]ccc2=O)c(Br)c1. The van der Waals surface area contributed by atoms with Crippen LogP contribution in [-0.2, 0) is 0 Å². The lowest BCUT2D eigenvalue weighted by atomic mass is 10.2. The van der Waals surface area contributed by atoms with E-state index < -0.39 is 5.91 Å². The van der Waals surface area contributed by atoms with Crippen LogP contribution in [-0.4, -0.2) is 10.9 Å². The summed E-state index contributed by atoms with van der Waals surface area (Å²) in [6.45, 7) is 1.95. The van der Waals surface area contributed by atoms with Crippen molar-refractivity contribution in [2.75, 3.05) is 5.32 Å². The molecule has 0 radical (unpaired) electrons. The van der Waals surface area contributed by atoms with Crippen LogP contribution in [0.1, 0.15) is 15.9 Å². The van der Waals surface area contributed by atoms with Crippen LogP contribution in [0.25, 0.3) is 0 Å². The van der Waals surface area contributed by atoms with Gasteiger partial charge in [-0.2, -0.15) is 0 Å². The number of anilines is 1. The smallest absolute Gasteiger partial charge is 0.261 e. The predicted octanol–water partition coefficient (Wildman–Crippen LogP) is 3.46. The molecule has 2 aromatic rings. The Morgan fingerprint density at radius 3 is 2.47 bits per heavy atom. The third-order valence-corrected chi connectivity index (χ3v) is 3.74. The number of hydrogen-bond donors (Lipinski definition) is 2. The van der Waals surface area contributed by atoms with Gasteiger partial charge in [-0.05, 0) is 56.5 Å². The van der Waals surface area contributed by atoms with Crippen molar-refractivity contribution in [3.8, 4) is 0 Å². The number of nitrogens with one attached hydrogen (secondary N) is 2. The molecule has 0 aliphatic carbocycles. The molecule has 2 N–H and O–H groups in total. The predicted molar refractivity (Wildman–Crippen MR) is 81.6 cm³/mol. The second-order valence-corrected chi connectivity index (χ2v) is 5.69. The number of aromatic amines is 1. The van der Waals surface area contributed by atoms with E-state index in [0.29, 0.717) is 5.69 Å². The molecule has 19 heavy (non-hydrogen) atoms. The Bertz CT molecular complexity index is 672. The Balaban J connectivity index is 2.35. The molecule has 0 aliphatic rings. The summed E-state index contributed by atoms with van der Waals surface area (Å²) in [5.74, 6) is -0.452. The Morgan fingerprint density at radius 1 is 1.26 bits per heavy atom. The molecule has 0 saturated carbocycles. The molecule has 0 atom stereocenters. The first-order valence-corrected chi connectivity index (χ1v) is 7.01.